The van der Waals surface area contributed by atoms with Crippen LogP contribution in [0.15, 0.2) is 0 Å². The first kappa shape index (κ1) is 18.3. The lowest BCUT2D eigenvalue weighted by Gasteiger charge is -2.59. The van der Waals surface area contributed by atoms with E-state index < -0.39 is 23.6 Å². The Kier molecular flexibility index (Phi) is 4.18. The molecule has 0 aliphatic heterocycles. The number of halogens is 1. The predicted molar refractivity (Wildman–Crippen MR) is 93.0 cm³/mol. The van der Waals surface area contributed by atoms with Crippen molar-refractivity contribution >= 4 is 17.3 Å². The fourth-order valence-electron chi connectivity index (χ4n) is 7.50. The first-order chi connectivity index (χ1) is 12.2. The molecule has 0 aromatic rings. The zero-order chi connectivity index (χ0) is 18.9. The lowest BCUT2D eigenvalue weighted by molar-refractivity contribution is -0.170. The van der Waals surface area contributed by atoms with Gasteiger partial charge in [0.15, 0.2) is 5.78 Å². The lowest BCUT2D eigenvalue weighted by atomic mass is 9.44. The summed E-state index contributed by atoms with van der Waals surface area (Å²) in [7, 11) is 0. The van der Waals surface area contributed by atoms with E-state index in [1.165, 1.54) is 0 Å². The van der Waals surface area contributed by atoms with Crippen molar-refractivity contribution in [2.75, 3.05) is 6.61 Å². The SMILES string of the molecule is C[C@]12CC(=O)[C@H]3[C@@H](CC(F)C4CC(=O)CC[C@@]43C)[C@@H]1CC[C@@H]2C(=O)CO. The van der Waals surface area contributed by atoms with E-state index in [1.807, 2.05) is 13.8 Å². The molecule has 4 rings (SSSR count). The van der Waals surface area contributed by atoms with Gasteiger partial charge in [0.25, 0.3) is 0 Å². The molecule has 1 N–H and O–H groups in total. The topological polar surface area (TPSA) is 71.4 Å². The van der Waals surface area contributed by atoms with Crippen molar-refractivity contribution in [3.63, 3.8) is 0 Å². The Morgan fingerprint density at radius 2 is 1.92 bits per heavy atom. The van der Waals surface area contributed by atoms with E-state index in [2.05, 4.69) is 0 Å². The van der Waals surface area contributed by atoms with Crippen molar-refractivity contribution in [3.05, 3.63) is 0 Å². The molecule has 144 valence electrons. The maximum atomic E-state index is 15.2. The van der Waals surface area contributed by atoms with Crippen LogP contribution in [0.2, 0.25) is 0 Å². The summed E-state index contributed by atoms with van der Waals surface area (Å²) >= 11 is 0. The Hall–Kier alpha value is -1.10. The van der Waals surface area contributed by atoms with E-state index in [4.69, 9.17) is 0 Å². The van der Waals surface area contributed by atoms with Crippen molar-refractivity contribution in [2.24, 2.45) is 40.4 Å². The Labute approximate surface area is 153 Å². The van der Waals surface area contributed by atoms with Crippen molar-refractivity contribution < 1.29 is 23.9 Å². The van der Waals surface area contributed by atoms with Crippen LogP contribution in [0.3, 0.4) is 0 Å². The van der Waals surface area contributed by atoms with Crippen molar-refractivity contribution in [1.29, 1.82) is 0 Å². The molecule has 5 heteroatoms. The monoisotopic (exact) mass is 364 g/mol. The lowest BCUT2D eigenvalue weighted by Crippen LogP contribution is -2.60. The number of alkyl halides is 1. The van der Waals surface area contributed by atoms with Gasteiger partial charge in [-0.3, -0.25) is 14.4 Å². The highest BCUT2D eigenvalue weighted by atomic mass is 19.1. The number of rotatable bonds is 2. The molecule has 4 fully saturated rings. The Morgan fingerprint density at radius 3 is 2.62 bits per heavy atom. The maximum Gasteiger partial charge on any atom is 0.161 e. The Bertz CT molecular complexity index is 660. The molecular formula is C21H29FO4. The minimum absolute atomic E-state index is 0.0396. The van der Waals surface area contributed by atoms with Gasteiger partial charge in [0.05, 0.1) is 0 Å². The van der Waals surface area contributed by atoms with Crippen LogP contribution in [0.4, 0.5) is 4.39 Å². The molecule has 0 bridgehead atoms. The summed E-state index contributed by atoms with van der Waals surface area (Å²) in [6.07, 6.45) is 2.47. The normalized spacial score (nSPS) is 50.8. The fourth-order valence-corrected chi connectivity index (χ4v) is 7.50. The Balaban J connectivity index is 1.71. The molecule has 2 unspecified atom stereocenters. The molecule has 0 amide bonds. The van der Waals surface area contributed by atoms with E-state index >= 15 is 4.39 Å². The molecule has 0 aromatic heterocycles. The van der Waals surface area contributed by atoms with Crippen LogP contribution in [-0.2, 0) is 14.4 Å². The van der Waals surface area contributed by atoms with E-state index in [0.29, 0.717) is 32.1 Å². The van der Waals surface area contributed by atoms with Gasteiger partial charge in [0.2, 0.25) is 0 Å². The smallest absolute Gasteiger partial charge is 0.161 e. The third-order valence-corrected chi connectivity index (χ3v) is 8.68. The largest absolute Gasteiger partial charge is 0.389 e. The van der Waals surface area contributed by atoms with E-state index in [9.17, 15) is 19.5 Å². The molecule has 4 saturated carbocycles. The number of aliphatic hydroxyl groups excluding tert-OH is 1. The van der Waals surface area contributed by atoms with Gasteiger partial charge in [0, 0.05) is 37.0 Å². The quantitative estimate of drug-likeness (QED) is 0.818. The molecule has 4 aliphatic rings. The highest BCUT2D eigenvalue weighted by Gasteiger charge is 2.65. The number of carbonyl (C=O) groups is 3. The van der Waals surface area contributed by atoms with Crippen molar-refractivity contribution in [1.82, 2.24) is 0 Å². The number of fused-ring (bicyclic) bond motifs is 5. The number of ketones is 3. The van der Waals surface area contributed by atoms with Crippen LogP contribution in [-0.4, -0.2) is 35.2 Å². The highest BCUT2D eigenvalue weighted by molar-refractivity contribution is 5.88. The second-order valence-corrected chi connectivity index (χ2v) is 9.76. The summed E-state index contributed by atoms with van der Waals surface area (Å²) in [4.78, 5) is 37.5. The first-order valence-electron chi connectivity index (χ1n) is 10.0. The minimum atomic E-state index is -1.05. The summed E-state index contributed by atoms with van der Waals surface area (Å²) in [6, 6.07) is 0. The third-order valence-electron chi connectivity index (χ3n) is 8.68. The van der Waals surface area contributed by atoms with Gasteiger partial charge in [-0.2, -0.15) is 0 Å². The molecular weight excluding hydrogens is 335 g/mol. The van der Waals surface area contributed by atoms with E-state index in [1.54, 1.807) is 0 Å². The summed E-state index contributed by atoms with van der Waals surface area (Å²) < 4.78 is 15.2. The first-order valence-corrected chi connectivity index (χ1v) is 10.0. The van der Waals surface area contributed by atoms with Gasteiger partial charge in [0.1, 0.15) is 24.3 Å². The van der Waals surface area contributed by atoms with Crippen LogP contribution in [0.1, 0.15) is 58.8 Å². The molecule has 0 spiro atoms. The molecule has 4 nitrogen and oxygen atoms in total. The molecule has 0 aromatic carbocycles. The molecule has 4 aliphatic carbocycles. The van der Waals surface area contributed by atoms with Gasteiger partial charge < -0.3 is 5.11 Å². The van der Waals surface area contributed by atoms with Gasteiger partial charge in [-0.25, -0.2) is 4.39 Å². The zero-order valence-corrected chi connectivity index (χ0v) is 15.7. The fraction of sp³-hybridized carbons (Fsp3) is 0.857. The molecule has 26 heavy (non-hydrogen) atoms. The van der Waals surface area contributed by atoms with Crippen LogP contribution in [0.5, 0.6) is 0 Å². The second-order valence-electron chi connectivity index (χ2n) is 9.76. The van der Waals surface area contributed by atoms with Gasteiger partial charge in [-0.1, -0.05) is 13.8 Å². The van der Waals surface area contributed by atoms with Crippen LogP contribution in [0.25, 0.3) is 0 Å². The van der Waals surface area contributed by atoms with Gasteiger partial charge in [-0.05, 0) is 48.3 Å². The molecule has 8 atom stereocenters. The second kappa shape index (κ2) is 5.95. The molecule has 0 radical (unpaired) electrons. The van der Waals surface area contributed by atoms with Crippen LogP contribution < -0.4 is 0 Å². The predicted octanol–water partition coefficient (Wildman–Crippen LogP) is 2.90. The van der Waals surface area contributed by atoms with Crippen LogP contribution in [0, 0.1) is 40.4 Å². The van der Waals surface area contributed by atoms with Crippen molar-refractivity contribution in [3.8, 4) is 0 Å². The number of carbonyl (C=O) groups excluding carboxylic acids is 3. The summed E-state index contributed by atoms with van der Waals surface area (Å²) in [5.74, 6) is -0.610. The standard InChI is InChI=1S/C21H29FO4/c1-20-6-5-11(24)7-15(20)16(22)8-12-13-3-4-14(18(26)10-23)21(13,2)9-17(25)19(12)20/h12-16,19,23H,3-10H2,1-2H3/t12-,13-,14+,15?,16?,19+,20-,21-/m0/s1. The third kappa shape index (κ3) is 2.31. The number of hydrogen-bond acceptors (Lipinski definition) is 4. The van der Waals surface area contributed by atoms with Gasteiger partial charge >= 0.3 is 0 Å². The summed E-state index contributed by atoms with van der Waals surface area (Å²) in [6.45, 7) is 3.55. The molecule has 0 heterocycles. The highest BCUT2D eigenvalue weighted by Crippen LogP contribution is 2.66. The van der Waals surface area contributed by atoms with E-state index in [-0.39, 0.29) is 53.4 Å². The maximum absolute atomic E-state index is 15.2. The minimum Gasteiger partial charge on any atom is -0.389 e. The number of aliphatic hydroxyl groups is 1. The molecule has 0 saturated heterocycles. The van der Waals surface area contributed by atoms with Crippen LogP contribution >= 0.6 is 0 Å². The van der Waals surface area contributed by atoms with E-state index in [0.717, 1.165) is 6.42 Å². The average Bonchev–Trinajstić information content (AvgIpc) is 2.92. The Morgan fingerprint density at radius 1 is 1.19 bits per heavy atom. The number of hydrogen-bond donors (Lipinski definition) is 1. The number of Topliss-reactive ketones (excluding diaryl/α,β-unsaturated/α-hetero) is 3. The average molecular weight is 364 g/mol. The van der Waals surface area contributed by atoms with Crippen molar-refractivity contribution in [2.45, 2.75) is 65.0 Å². The summed E-state index contributed by atoms with van der Waals surface area (Å²) in [5.41, 5.74) is -0.890. The zero-order valence-electron chi connectivity index (χ0n) is 15.7. The summed E-state index contributed by atoms with van der Waals surface area (Å²) in [5, 5.41) is 9.33. The van der Waals surface area contributed by atoms with Gasteiger partial charge in [-0.15, -0.1) is 0 Å².